The number of nitrogens with zero attached hydrogens (tertiary/aromatic N) is 2. The largest absolute Gasteiger partial charge is 0.490 e. The number of benzene rings is 2. The van der Waals surface area contributed by atoms with E-state index in [1.54, 1.807) is 13.0 Å². The highest BCUT2D eigenvalue weighted by atomic mass is 19.1. The molecule has 0 radical (unpaired) electrons. The van der Waals surface area contributed by atoms with Crippen molar-refractivity contribution in [1.29, 1.82) is 0 Å². The van der Waals surface area contributed by atoms with Crippen LogP contribution >= 0.6 is 0 Å². The summed E-state index contributed by atoms with van der Waals surface area (Å²) < 4.78 is 24.7. The van der Waals surface area contributed by atoms with Gasteiger partial charge in [0.25, 0.3) is 5.91 Å². The molecule has 0 aliphatic heterocycles. The van der Waals surface area contributed by atoms with Gasteiger partial charge in [0.1, 0.15) is 17.6 Å². The Morgan fingerprint density at radius 1 is 1.21 bits per heavy atom. The Hall–Kier alpha value is -3.69. The van der Waals surface area contributed by atoms with E-state index in [0.29, 0.717) is 6.42 Å². The lowest BCUT2D eigenvalue weighted by molar-refractivity contribution is -0.385. The van der Waals surface area contributed by atoms with Crippen LogP contribution in [0, 0.1) is 15.9 Å². The average Bonchev–Trinajstić information content (AvgIpc) is 2.80. The molecule has 0 bridgehead atoms. The zero-order valence-corrected chi connectivity index (χ0v) is 19.0. The fourth-order valence-electron chi connectivity index (χ4n) is 2.98. The van der Waals surface area contributed by atoms with E-state index in [2.05, 4.69) is 5.32 Å². The second kappa shape index (κ2) is 11.8. The summed E-state index contributed by atoms with van der Waals surface area (Å²) in [5.41, 5.74) is 0.0127. The molecule has 2 aromatic carbocycles. The molecular formula is C23H28FN3O6. The van der Waals surface area contributed by atoms with Crippen LogP contribution in [0.25, 0.3) is 0 Å². The molecule has 0 spiro atoms. The van der Waals surface area contributed by atoms with Gasteiger partial charge in [-0.1, -0.05) is 25.1 Å². The predicted molar refractivity (Wildman–Crippen MR) is 119 cm³/mol. The minimum absolute atomic E-state index is 0.0190. The molecule has 178 valence electrons. The topological polar surface area (TPSA) is 111 Å². The summed E-state index contributed by atoms with van der Waals surface area (Å²) in [5, 5.41) is 13.9. The zero-order chi connectivity index (χ0) is 24.5. The summed E-state index contributed by atoms with van der Waals surface area (Å²) in [5.74, 6) is -1.26. The molecule has 0 aliphatic rings. The number of ether oxygens (including phenoxy) is 2. The van der Waals surface area contributed by atoms with Crippen LogP contribution in [0.1, 0.15) is 32.8 Å². The van der Waals surface area contributed by atoms with Gasteiger partial charge in [0, 0.05) is 30.3 Å². The van der Waals surface area contributed by atoms with Crippen molar-refractivity contribution in [3.05, 3.63) is 64.0 Å². The Kier molecular flexibility index (Phi) is 9.14. The quantitative estimate of drug-likeness (QED) is 0.405. The monoisotopic (exact) mass is 461 g/mol. The Morgan fingerprint density at radius 2 is 1.91 bits per heavy atom. The lowest BCUT2D eigenvalue weighted by Crippen LogP contribution is -2.50. The third-order valence-corrected chi connectivity index (χ3v) is 5.18. The van der Waals surface area contributed by atoms with Gasteiger partial charge in [-0.3, -0.25) is 19.7 Å². The van der Waals surface area contributed by atoms with Gasteiger partial charge in [0.15, 0.2) is 6.61 Å². The summed E-state index contributed by atoms with van der Waals surface area (Å²) in [6, 6.07) is 8.87. The van der Waals surface area contributed by atoms with Gasteiger partial charge in [-0.25, -0.2) is 4.39 Å². The number of carbonyl (C=O) groups excluding carboxylic acids is 2. The average molecular weight is 461 g/mol. The molecule has 0 saturated heterocycles. The number of halogens is 1. The Bertz CT molecular complexity index is 1000. The van der Waals surface area contributed by atoms with Gasteiger partial charge in [0.05, 0.1) is 12.0 Å². The standard InChI is InChI=1S/C23H28FN3O6/c1-5-15(2)25-23(29)16(3)26(13-17-8-6-7-9-19(17)24)22(28)14-33-18-10-11-20(27(30)31)21(12-18)32-4/h6-12,15-16H,5,13-14H2,1-4H3,(H,25,29)/t15-,16-/m1/s1. The van der Waals surface area contributed by atoms with Gasteiger partial charge in [-0.15, -0.1) is 0 Å². The van der Waals surface area contributed by atoms with Crippen molar-refractivity contribution in [2.24, 2.45) is 0 Å². The number of hydrogen-bond acceptors (Lipinski definition) is 6. The van der Waals surface area contributed by atoms with E-state index < -0.39 is 29.3 Å². The van der Waals surface area contributed by atoms with Crippen LogP contribution in [0.4, 0.5) is 10.1 Å². The van der Waals surface area contributed by atoms with Crippen molar-refractivity contribution in [2.75, 3.05) is 13.7 Å². The number of nitrogens with one attached hydrogen (secondary N) is 1. The molecule has 0 aliphatic carbocycles. The SMILES string of the molecule is CC[C@@H](C)NC(=O)[C@@H](C)N(Cc1ccccc1F)C(=O)COc1ccc([N+](=O)[O-])c(OC)c1. The predicted octanol–water partition coefficient (Wildman–Crippen LogP) is 3.45. The van der Waals surface area contributed by atoms with E-state index in [9.17, 15) is 24.1 Å². The van der Waals surface area contributed by atoms with Crippen LogP contribution in [0.3, 0.4) is 0 Å². The van der Waals surface area contributed by atoms with E-state index in [-0.39, 0.29) is 41.2 Å². The first-order chi connectivity index (χ1) is 15.7. The first-order valence-corrected chi connectivity index (χ1v) is 10.5. The molecule has 0 unspecified atom stereocenters. The number of hydrogen-bond donors (Lipinski definition) is 1. The molecule has 0 fully saturated rings. The molecule has 2 rings (SSSR count). The first kappa shape index (κ1) is 25.6. The lowest BCUT2D eigenvalue weighted by atomic mass is 10.1. The van der Waals surface area contributed by atoms with Crippen LogP contribution < -0.4 is 14.8 Å². The van der Waals surface area contributed by atoms with Gasteiger partial charge in [0.2, 0.25) is 11.7 Å². The molecule has 33 heavy (non-hydrogen) atoms. The normalized spacial score (nSPS) is 12.4. The number of nitro benzene ring substituents is 1. The summed E-state index contributed by atoms with van der Waals surface area (Å²) >= 11 is 0. The maximum absolute atomic E-state index is 14.2. The number of nitro groups is 1. The van der Waals surface area contributed by atoms with E-state index in [1.807, 2.05) is 13.8 Å². The van der Waals surface area contributed by atoms with E-state index in [0.717, 1.165) is 0 Å². The van der Waals surface area contributed by atoms with Gasteiger partial charge >= 0.3 is 5.69 Å². The van der Waals surface area contributed by atoms with E-state index in [1.165, 1.54) is 48.4 Å². The summed E-state index contributed by atoms with van der Waals surface area (Å²) in [6.45, 7) is 4.73. The summed E-state index contributed by atoms with van der Waals surface area (Å²) in [4.78, 5) is 37.4. The number of methoxy groups -OCH3 is 1. The highest BCUT2D eigenvalue weighted by Gasteiger charge is 2.28. The van der Waals surface area contributed by atoms with Crippen molar-refractivity contribution < 1.29 is 28.4 Å². The second-order valence-corrected chi connectivity index (χ2v) is 7.49. The van der Waals surface area contributed by atoms with Crippen molar-refractivity contribution >= 4 is 17.5 Å². The minimum Gasteiger partial charge on any atom is -0.490 e. The molecule has 2 amide bonds. The second-order valence-electron chi connectivity index (χ2n) is 7.49. The van der Waals surface area contributed by atoms with Crippen LogP contribution in [-0.2, 0) is 16.1 Å². The molecule has 1 N–H and O–H groups in total. The number of amides is 2. The number of carbonyl (C=O) groups is 2. The highest BCUT2D eigenvalue weighted by Crippen LogP contribution is 2.30. The smallest absolute Gasteiger partial charge is 0.311 e. The molecule has 2 aromatic rings. The minimum atomic E-state index is -0.888. The summed E-state index contributed by atoms with van der Waals surface area (Å²) in [6.07, 6.45) is 0.713. The number of rotatable bonds is 11. The first-order valence-electron chi connectivity index (χ1n) is 10.5. The lowest BCUT2D eigenvalue weighted by Gasteiger charge is -2.29. The van der Waals surface area contributed by atoms with Crippen LogP contribution in [0.15, 0.2) is 42.5 Å². The van der Waals surface area contributed by atoms with Crippen molar-refractivity contribution in [2.45, 2.75) is 45.8 Å². The van der Waals surface area contributed by atoms with Crippen LogP contribution in [-0.4, -0.2) is 47.4 Å². The molecular weight excluding hydrogens is 433 g/mol. The van der Waals surface area contributed by atoms with Crippen LogP contribution in [0.2, 0.25) is 0 Å². The molecule has 0 aromatic heterocycles. The van der Waals surface area contributed by atoms with Gasteiger partial charge in [-0.2, -0.15) is 0 Å². The highest BCUT2D eigenvalue weighted by molar-refractivity contribution is 5.88. The fourth-order valence-corrected chi connectivity index (χ4v) is 2.98. The molecule has 10 heteroatoms. The maximum Gasteiger partial charge on any atom is 0.311 e. The van der Waals surface area contributed by atoms with Gasteiger partial charge < -0.3 is 19.7 Å². The molecule has 9 nitrogen and oxygen atoms in total. The van der Waals surface area contributed by atoms with E-state index >= 15 is 0 Å². The molecule has 0 heterocycles. The molecule has 0 saturated carbocycles. The zero-order valence-electron chi connectivity index (χ0n) is 19.0. The Morgan fingerprint density at radius 3 is 2.52 bits per heavy atom. The van der Waals surface area contributed by atoms with Crippen molar-refractivity contribution in [3.8, 4) is 11.5 Å². The summed E-state index contributed by atoms with van der Waals surface area (Å²) in [7, 11) is 1.28. The van der Waals surface area contributed by atoms with Crippen molar-refractivity contribution in [1.82, 2.24) is 10.2 Å². The maximum atomic E-state index is 14.2. The Balaban J connectivity index is 2.21. The Labute approximate surface area is 191 Å². The third kappa shape index (κ3) is 6.90. The third-order valence-electron chi connectivity index (χ3n) is 5.18. The van der Waals surface area contributed by atoms with Gasteiger partial charge in [-0.05, 0) is 32.4 Å². The van der Waals surface area contributed by atoms with Crippen LogP contribution in [0.5, 0.6) is 11.5 Å². The van der Waals surface area contributed by atoms with Crippen molar-refractivity contribution in [3.63, 3.8) is 0 Å². The fraction of sp³-hybridized carbons (Fsp3) is 0.391. The van der Waals surface area contributed by atoms with E-state index in [4.69, 9.17) is 9.47 Å². The molecule has 2 atom stereocenters.